The van der Waals surface area contributed by atoms with Crippen LogP contribution >= 0.6 is 0 Å². The number of likely N-dealkylation sites (N-methyl/N-ethyl adjacent to an activating group) is 1. The number of benzene rings is 2. The summed E-state index contributed by atoms with van der Waals surface area (Å²) in [6.07, 6.45) is 2.44. The number of piperazine rings is 1. The number of hydrogen-bond acceptors (Lipinski definition) is 8. The monoisotopic (exact) mass is 498 g/mol. The first kappa shape index (κ1) is 25.2. The Morgan fingerprint density at radius 1 is 1.16 bits per heavy atom. The molecule has 4 N–H and O–H groups in total. The van der Waals surface area contributed by atoms with E-state index in [9.17, 15) is 9.59 Å². The van der Waals surface area contributed by atoms with Crippen LogP contribution in [0.15, 0.2) is 61.3 Å². The van der Waals surface area contributed by atoms with Crippen molar-refractivity contribution in [3.05, 3.63) is 78.4 Å². The molecule has 37 heavy (non-hydrogen) atoms. The van der Waals surface area contributed by atoms with Crippen LogP contribution in [0.3, 0.4) is 0 Å². The summed E-state index contributed by atoms with van der Waals surface area (Å²) in [5, 5.41) is 5.69. The molecule has 0 atom stereocenters. The second-order valence-corrected chi connectivity index (χ2v) is 8.32. The second-order valence-electron chi connectivity index (χ2n) is 8.32. The molecule has 2 aromatic carbocycles. The lowest BCUT2D eigenvalue weighted by atomic mass is 10.2. The highest BCUT2D eigenvalue weighted by Gasteiger charge is 2.19. The van der Waals surface area contributed by atoms with Crippen molar-refractivity contribution in [3.63, 3.8) is 0 Å². The Kier molecular flexibility index (Phi) is 7.61. The van der Waals surface area contributed by atoms with Crippen LogP contribution in [0.4, 0.5) is 28.6 Å². The van der Waals surface area contributed by atoms with Gasteiger partial charge in [-0.1, -0.05) is 12.6 Å². The topological polar surface area (TPSA) is 130 Å². The maximum atomic E-state index is 12.0. The Morgan fingerprint density at radius 3 is 2.65 bits per heavy atom. The van der Waals surface area contributed by atoms with E-state index < -0.39 is 5.91 Å². The van der Waals surface area contributed by atoms with Crippen LogP contribution in [0.2, 0.25) is 0 Å². The second kappa shape index (κ2) is 11.2. The summed E-state index contributed by atoms with van der Waals surface area (Å²) >= 11 is 0. The van der Waals surface area contributed by atoms with Crippen molar-refractivity contribution in [1.29, 1.82) is 0 Å². The number of rotatable bonds is 8. The first-order valence-corrected chi connectivity index (χ1v) is 11.5. The molecule has 0 aliphatic carbocycles. The first-order chi connectivity index (χ1) is 17.9. The highest BCUT2D eigenvalue weighted by atomic mass is 16.5. The van der Waals surface area contributed by atoms with Gasteiger partial charge in [0.2, 0.25) is 17.5 Å². The average molecular weight is 499 g/mol. The molecule has 2 amide bonds. The zero-order chi connectivity index (χ0) is 26.4. The first-order valence-electron chi connectivity index (χ1n) is 11.5. The fourth-order valence-corrected chi connectivity index (χ4v) is 3.78. The molecule has 0 bridgehead atoms. The quantitative estimate of drug-likeness (QED) is 0.318. The van der Waals surface area contributed by atoms with Crippen molar-refractivity contribution >= 4 is 40.4 Å². The number of aromatic nitrogens is 2. The molecule has 1 saturated heterocycles. The SMILES string of the molecule is [C-]#[N+]c1cc(Nc2nc(Oc3cccc(NC(=O)C=C)c3)cnc2C(N)=O)ccc1N1CCN(C)CC1. The van der Waals surface area contributed by atoms with Gasteiger partial charge in [0.25, 0.3) is 5.91 Å². The highest BCUT2D eigenvalue weighted by molar-refractivity contribution is 5.99. The van der Waals surface area contributed by atoms with Gasteiger partial charge in [-0.3, -0.25) is 9.59 Å². The zero-order valence-electron chi connectivity index (χ0n) is 20.3. The number of nitrogens with one attached hydrogen (secondary N) is 2. The standard InChI is InChI=1S/C26H26N8O3/c1-4-22(35)30-17-6-5-7-19(14-17)37-23-16-29-24(25(27)36)26(32-23)31-18-8-9-21(20(15-18)28-2)34-12-10-33(3)11-13-34/h4-9,14-16H,1,10-13H2,3H3,(H2,27,36)(H,30,35)(H,31,32). The van der Waals surface area contributed by atoms with Crippen molar-refractivity contribution < 1.29 is 14.3 Å². The number of carbonyl (C=O) groups excluding carboxylic acids is 2. The normalized spacial score (nSPS) is 13.4. The minimum atomic E-state index is -0.768. The van der Waals surface area contributed by atoms with Gasteiger partial charge in [0.1, 0.15) is 5.75 Å². The van der Waals surface area contributed by atoms with Gasteiger partial charge in [0, 0.05) is 49.3 Å². The summed E-state index contributed by atoms with van der Waals surface area (Å²) < 4.78 is 5.80. The van der Waals surface area contributed by atoms with Gasteiger partial charge in [0.05, 0.1) is 12.8 Å². The molecule has 1 aromatic heterocycles. The third-order valence-corrected chi connectivity index (χ3v) is 5.70. The van der Waals surface area contributed by atoms with Crippen molar-refractivity contribution in [2.45, 2.75) is 0 Å². The van der Waals surface area contributed by atoms with Crippen LogP contribution in [0.25, 0.3) is 4.85 Å². The molecule has 11 heteroatoms. The van der Waals surface area contributed by atoms with Crippen molar-refractivity contribution in [2.75, 3.05) is 48.8 Å². The summed E-state index contributed by atoms with van der Waals surface area (Å²) in [4.78, 5) is 40.2. The van der Waals surface area contributed by atoms with E-state index in [2.05, 4.69) is 48.9 Å². The maximum Gasteiger partial charge on any atom is 0.271 e. The van der Waals surface area contributed by atoms with E-state index in [0.717, 1.165) is 37.9 Å². The summed E-state index contributed by atoms with van der Waals surface area (Å²) in [6.45, 7) is 14.6. The summed E-state index contributed by atoms with van der Waals surface area (Å²) in [5.41, 5.74) is 7.83. The number of carbonyl (C=O) groups is 2. The van der Waals surface area contributed by atoms with Crippen LogP contribution in [0.1, 0.15) is 10.5 Å². The van der Waals surface area contributed by atoms with Crippen molar-refractivity contribution in [3.8, 4) is 11.6 Å². The summed E-state index contributed by atoms with van der Waals surface area (Å²) in [5.74, 6) is -0.550. The van der Waals surface area contributed by atoms with Crippen LogP contribution < -0.4 is 26.0 Å². The molecule has 1 fully saturated rings. The molecule has 188 valence electrons. The number of hydrogen-bond donors (Lipinski definition) is 3. The van der Waals surface area contributed by atoms with Gasteiger partial charge >= 0.3 is 0 Å². The van der Waals surface area contributed by atoms with Crippen LogP contribution in [-0.4, -0.2) is 59.9 Å². The maximum absolute atomic E-state index is 12.0. The van der Waals surface area contributed by atoms with Gasteiger partial charge in [-0.2, -0.15) is 4.98 Å². The lowest BCUT2D eigenvalue weighted by molar-refractivity contribution is -0.111. The lowest BCUT2D eigenvalue weighted by Gasteiger charge is -2.34. The minimum absolute atomic E-state index is 0.0770. The van der Waals surface area contributed by atoms with Gasteiger partial charge in [-0.15, -0.1) is 0 Å². The van der Waals surface area contributed by atoms with Gasteiger partial charge < -0.3 is 30.9 Å². The van der Waals surface area contributed by atoms with Crippen LogP contribution in [-0.2, 0) is 4.79 Å². The smallest absolute Gasteiger partial charge is 0.271 e. The van der Waals surface area contributed by atoms with E-state index in [4.69, 9.17) is 17.0 Å². The third kappa shape index (κ3) is 6.19. The molecular formula is C26H26N8O3. The van der Waals surface area contributed by atoms with E-state index in [0.29, 0.717) is 22.8 Å². The summed E-state index contributed by atoms with van der Waals surface area (Å²) in [6, 6.07) is 12.1. The van der Waals surface area contributed by atoms with E-state index >= 15 is 0 Å². The van der Waals surface area contributed by atoms with Crippen LogP contribution in [0, 0.1) is 6.57 Å². The third-order valence-electron chi connectivity index (χ3n) is 5.70. The minimum Gasteiger partial charge on any atom is -0.437 e. The molecule has 0 spiro atoms. The molecule has 0 saturated carbocycles. The lowest BCUT2D eigenvalue weighted by Crippen LogP contribution is -2.44. The van der Waals surface area contributed by atoms with Crippen molar-refractivity contribution in [2.24, 2.45) is 5.73 Å². The molecule has 0 unspecified atom stereocenters. The van der Waals surface area contributed by atoms with E-state index in [1.807, 2.05) is 12.1 Å². The Balaban J connectivity index is 1.57. The molecular weight excluding hydrogens is 472 g/mol. The Bertz CT molecular complexity index is 1380. The number of nitrogens with zero attached hydrogens (tertiary/aromatic N) is 5. The van der Waals surface area contributed by atoms with Gasteiger partial charge in [0.15, 0.2) is 11.5 Å². The average Bonchev–Trinajstić information content (AvgIpc) is 2.89. The fraction of sp³-hybridized carbons (Fsp3) is 0.192. The highest BCUT2D eigenvalue weighted by Crippen LogP contribution is 2.34. The predicted octanol–water partition coefficient (Wildman–Crippen LogP) is 3.54. The van der Waals surface area contributed by atoms with Crippen LogP contribution in [0.5, 0.6) is 11.6 Å². The molecule has 0 radical (unpaired) electrons. The predicted molar refractivity (Wildman–Crippen MR) is 142 cm³/mol. The summed E-state index contributed by atoms with van der Waals surface area (Å²) in [7, 11) is 2.08. The fourth-order valence-electron chi connectivity index (χ4n) is 3.78. The molecule has 11 nitrogen and oxygen atoms in total. The number of primary amides is 1. The van der Waals surface area contributed by atoms with E-state index in [-0.39, 0.29) is 23.3 Å². The number of amides is 2. The largest absolute Gasteiger partial charge is 0.437 e. The molecule has 2 heterocycles. The van der Waals surface area contributed by atoms with Gasteiger partial charge in [-0.25, -0.2) is 9.83 Å². The Morgan fingerprint density at radius 2 is 1.95 bits per heavy atom. The molecule has 1 aliphatic rings. The molecule has 4 rings (SSSR count). The number of ether oxygens (including phenoxy) is 1. The van der Waals surface area contributed by atoms with E-state index in [1.54, 1.807) is 30.3 Å². The Labute approximate surface area is 214 Å². The van der Waals surface area contributed by atoms with E-state index in [1.165, 1.54) is 6.20 Å². The molecule has 3 aromatic rings. The Hall–Kier alpha value is -4.95. The van der Waals surface area contributed by atoms with Gasteiger partial charge in [-0.05, 0) is 43.5 Å². The zero-order valence-corrected chi connectivity index (χ0v) is 20.3. The number of anilines is 4. The molecule has 1 aliphatic heterocycles. The van der Waals surface area contributed by atoms with Crippen molar-refractivity contribution in [1.82, 2.24) is 14.9 Å². The number of nitrogens with two attached hydrogens (primary N) is 1.